The van der Waals surface area contributed by atoms with Crippen LogP contribution in [-0.4, -0.2) is 73.0 Å². The zero-order valence-corrected chi connectivity index (χ0v) is 13.7. The van der Waals surface area contributed by atoms with Crippen LogP contribution in [0, 0.1) is 0 Å². The van der Waals surface area contributed by atoms with Crippen molar-refractivity contribution in [3.63, 3.8) is 0 Å². The van der Waals surface area contributed by atoms with Crippen molar-refractivity contribution in [3.05, 3.63) is 0 Å². The van der Waals surface area contributed by atoms with Crippen molar-refractivity contribution >= 4 is 17.7 Å². The van der Waals surface area contributed by atoms with Crippen molar-refractivity contribution in [1.29, 1.82) is 0 Å². The lowest BCUT2D eigenvalue weighted by molar-refractivity contribution is -0.131. The Morgan fingerprint density at radius 1 is 1.21 bits per heavy atom. The molecule has 1 heterocycles. The molecule has 1 amide bonds. The van der Waals surface area contributed by atoms with Crippen LogP contribution in [-0.2, 0) is 4.79 Å². The third-order valence-corrected chi connectivity index (χ3v) is 5.89. The van der Waals surface area contributed by atoms with Gasteiger partial charge in [0.15, 0.2) is 0 Å². The predicted molar refractivity (Wildman–Crippen MR) is 83.8 cm³/mol. The molecule has 0 unspecified atom stereocenters. The molecule has 5 heteroatoms. The van der Waals surface area contributed by atoms with E-state index in [4.69, 9.17) is 0 Å². The van der Waals surface area contributed by atoms with Crippen LogP contribution >= 0.6 is 11.8 Å². The molecule has 0 aliphatic carbocycles. The molecule has 1 saturated heterocycles. The fourth-order valence-electron chi connectivity index (χ4n) is 2.43. The molecule has 0 spiro atoms. The Morgan fingerprint density at radius 2 is 1.79 bits per heavy atom. The number of nitrogens with zero attached hydrogens (tertiary/aromatic N) is 2. The van der Waals surface area contributed by atoms with Crippen molar-refractivity contribution in [2.75, 3.05) is 52.6 Å². The average molecular weight is 287 g/mol. The van der Waals surface area contributed by atoms with Crippen LogP contribution in [0.5, 0.6) is 0 Å². The number of hydrogen-bond acceptors (Lipinski definition) is 4. The van der Waals surface area contributed by atoms with E-state index in [2.05, 4.69) is 37.4 Å². The first-order valence-corrected chi connectivity index (χ1v) is 8.51. The second-order valence-corrected chi connectivity index (χ2v) is 6.66. The Labute approximate surface area is 122 Å². The van der Waals surface area contributed by atoms with Crippen LogP contribution in [0.1, 0.15) is 26.7 Å². The minimum atomic E-state index is 0.246. The first-order chi connectivity index (χ1) is 9.06. The Kier molecular flexibility index (Phi) is 7.18. The molecule has 0 saturated carbocycles. The summed E-state index contributed by atoms with van der Waals surface area (Å²) in [6.07, 6.45) is 4.44. The standard InChI is InChI=1S/C14H29N3OS/c1-5-14(6-2,19-4)12-15-11-13(18)17-9-7-16(3)8-10-17/h15H,5-12H2,1-4H3. The van der Waals surface area contributed by atoms with Crippen LogP contribution in [0.4, 0.5) is 0 Å². The number of nitrogens with one attached hydrogen (secondary N) is 1. The minimum absolute atomic E-state index is 0.246. The van der Waals surface area contributed by atoms with Crippen molar-refractivity contribution in [2.24, 2.45) is 0 Å². The van der Waals surface area contributed by atoms with Gasteiger partial charge in [0.25, 0.3) is 0 Å². The van der Waals surface area contributed by atoms with Gasteiger partial charge in [-0.1, -0.05) is 13.8 Å². The van der Waals surface area contributed by atoms with Crippen LogP contribution < -0.4 is 5.32 Å². The molecule has 1 aliphatic rings. The van der Waals surface area contributed by atoms with Gasteiger partial charge < -0.3 is 15.1 Å². The maximum Gasteiger partial charge on any atom is 0.236 e. The predicted octanol–water partition coefficient (Wildman–Crippen LogP) is 1.27. The maximum atomic E-state index is 12.1. The molecule has 0 bridgehead atoms. The number of hydrogen-bond donors (Lipinski definition) is 1. The first-order valence-electron chi connectivity index (χ1n) is 7.29. The first kappa shape index (κ1) is 16.8. The van der Waals surface area contributed by atoms with Crippen molar-refractivity contribution in [1.82, 2.24) is 15.1 Å². The molecular formula is C14H29N3OS. The van der Waals surface area contributed by atoms with Gasteiger partial charge in [-0.2, -0.15) is 11.8 Å². The monoisotopic (exact) mass is 287 g/mol. The zero-order chi connectivity index (χ0) is 14.3. The molecule has 112 valence electrons. The third-order valence-electron chi connectivity index (χ3n) is 4.30. The van der Waals surface area contributed by atoms with Crippen molar-refractivity contribution in [2.45, 2.75) is 31.4 Å². The van der Waals surface area contributed by atoms with Crippen LogP contribution in [0.3, 0.4) is 0 Å². The van der Waals surface area contributed by atoms with E-state index in [1.54, 1.807) is 0 Å². The van der Waals surface area contributed by atoms with Crippen LogP contribution in [0.25, 0.3) is 0 Å². The lowest BCUT2D eigenvalue weighted by Gasteiger charge is -2.33. The summed E-state index contributed by atoms with van der Waals surface area (Å²) in [5.41, 5.74) is 0. The summed E-state index contributed by atoms with van der Waals surface area (Å²) in [6.45, 7) is 9.56. The Hall–Kier alpha value is -0.260. The summed E-state index contributed by atoms with van der Waals surface area (Å²) in [5.74, 6) is 0.246. The number of carbonyl (C=O) groups is 1. The van der Waals surface area contributed by atoms with E-state index >= 15 is 0 Å². The maximum absolute atomic E-state index is 12.1. The zero-order valence-electron chi connectivity index (χ0n) is 12.9. The van der Waals surface area contributed by atoms with E-state index in [9.17, 15) is 4.79 Å². The molecule has 0 aromatic carbocycles. The van der Waals surface area contributed by atoms with E-state index in [0.29, 0.717) is 6.54 Å². The molecule has 1 rings (SSSR count). The molecule has 1 N–H and O–H groups in total. The quantitative estimate of drug-likeness (QED) is 0.765. The van der Waals surface area contributed by atoms with Gasteiger partial charge >= 0.3 is 0 Å². The highest BCUT2D eigenvalue weighted by Gasteiger charge is 2.25. The second kappa shape index (κ2) is 8.12. The summed E-state index contributed by atoms with van der Waals surface area (Å²) in [5, 5.41) is 3.36. The van der Waals surface area contributed by atoms with Gasteiger partial charge in [0.2, 0.25) is 5.91 Å². The van der Waals surface area contributed by atoms with Gasteiger partial charge in [-0.25, -0.2) is 0 Å². The van der Waals surface area contributed by atoms with Crippen LogP contribution in [0.15, 0.2) is 0 Å². The number of rotatable bonds is 7. The van der Waals surface area contributed by atoms with E-state index in [-0.39, 0.29) is 10.7 Å². The molecule has 4 nitrogen and oxygen atoms in total. The van der Waals surface area contributed by atoms with E-state index < -0.39 is 0 Å². The lowest BCUT2D eigenvalue weighted by Crippen LogP contribution is -2.50. The fourth-order valence-corrected chi connectivity index (χ4v) is 3.25. The highest BCUT2D eigenvalue weighted by molar-refractivity contribution is 8.00. The Balaban J connectivity index is 2.30. The van der Waals surface area contributed by atoms with Gasteiger partial charge in [0.1, 0.15) is 0 Å². The molecule has 0 radical (unpaired) electrons. The van der Waals surface area contributed by atoms with Gasteiger partial charge in [0, 0.05) is 37.5 Å². The van der Waals surface area contributed by atoms with Gasteiger partial charge in [0.05, 0.1) is 6.54 Å². The van der Waals surface area contributed by atoms with E-state index in [0.717, 1.165) is 45.6 Å². The fraction of sp³-hybridized carbons (Fsp3) is 0.929. The summed E-state index contributed by atoms with van der Waals surface area (Å²) >= 11 is 1.91. The van der Waals surface area contributed by atoms with Gasteiger partial charge in [-0.05, 0) is 26.1 Å². The second-order valence-electron chi connectivity index (χ2n) is 5.38. The summed E-state index contributed by atoms with van der Waals surface area (Å²) in [4.78, 5) is 16.3. The van der Waals surface area contributed by atoms with E-state index in [1.165, 1.54) is 0 Å². The van der Waals surface area contributed by atoms with Crippen molar-refractivity contribution < 1.29 is 4.79 Å². The minimum Gasteiger partial charge on any atom is -0.339 e. The third kappa shape index (κ3) is 4.97. The number of amides is 1. The smallest absolute Gasteiger partial charge is 0.236 e. The van der Waals surface area contributed by atoms with E-state index in [1.807, 2.05) is 16.7 Å². The topological polar surface area (TPSA) is 35.6 Å². The number of carbonyl (C=O) groups excluding carboxylic acids is 1. The average Bonchev–Trinajstić information content (AvgIpc) is 2.45. The highest BCUT2D eigenvalue weighted by Crippen LogP contribution is 2.29. The Bertz CT molecular complexity index is 266. The normalized spacial score (nSPS) is 17.8. The summed E-state index contributed by atoms with van der Waals surface area (Å²) in [6, 6.07) is 0. The largest absolute Gasteiger partial charge is 0.339 e. The highest BCUT2D eigenvalue weighted by atomic mass is 32.2. The van der Waals surface area contributed by atoms with Gasteiger partial charge in [-0.15, -0.1) is 0 Å². The number of likely N-dealkylation sites (N-methyl/N-ethyl adjacent to an activating group) is 1. The molecule has 0 aromatic rings. The summed E-state index contributed by atoms with van der Waals surface area (Å²) < 4.78 is 0.280. The number of piperazine rings is 1. The summed E-state index contributed by atoms with van der Waals surface area (Å²) in [7, 11) is 2.11. The molecule has 0 atom stereocenters. The molecule has 1 aliphatic heterocycles. The molecule has 0 aromatic heterocycles. The van der Waals surface area contributed by atoms with Crippen molar-refractivity contribution in [3.8, 4) is 0 Å². The van der Waals surface area contributed by atoms with Gasteiger partial charge in [-0.3, -0.25) is 4.79 Å². The molecular weight excluding hydrogens is 258 g/mol. The number of thioether (sulfide) groups is 1. The molecule has 19 heavy (non-hydrogen) atoms. The van der Waals surface area contributed by atoms with Crippen LogP contribution in [0.2, 0.25) is 0 Å². The molecule has 1 fully saturated rings. The lowest BCUT2D eigenvalue weighted by atomic mass is 10.0. The Morgan fingerprint density at radius 3 is 2.26 bits per heavy atom. The SMILES string of the molecule is CCC(CC)(CNCC(=O)N1CCN(C)CC1)SC.